The molecule has 4 heteroatoms. The molecule has 3 rings (SSSR count). The molecule has 0 spiro atoms. The van der Waals surface area contributed by atoms with Gasteiger partial charge in [-0.15, -0.1) is 0 Å². The predicted octanol–water partition coefficient (Wildman–Crippen LogP) is 2.52. The van der Waals surface area contributed by atoms with Crippen LogP contribution in [0.1, 0.15) is 37.8 Å². The fourth-order valence-corrected chi connectivity index (χ4v) is 3.71. The largest absolute Gasteiger partial charge is 0.370 e. The Kier molecular flexibility index (Phi) is 3.69. The molecular formula is C16H24FN3. The maximum atomic E-state index is 13.5. The van der Waals surface area contributed by atoms with E-state index in [1.165, 1.54) is 19.3 Å². The highest BCUT2D eigenvalue weighted by Gasteiger charge is 2.35. The molecule has 2 heterocycles. The summed E-state index contributed by atoms with van der Waals surface area (Å²) in [5.41, 5.74) is 8.06. The van der Waals surface area contributed by atoms with Crippen LogP contribution in [0.15, 0.2) is 18.2 Å². The van der Waals surface area contributed by atoms with Gasteiger partial charge < -0.3 is 10.6 Å². The van der Waals surface area contributed by atoms with Crippen molar-refractivity contribution in [2.24, 2.45) is 5.73 Å². The molecule has 2 saturated heterocycles. The second-order valence-electron chi connectivity index (χ2n) is 6.28. The Morgan fingerprint density at radius 2 is 2.00 bits per heavy atom. The van der Waals surface area contributed by atoms with Crippen molar-refractivity contribution < 1.29 is 4.39 Å². The zero-order chi connectivity index (χ0) is 14.3. The third-order valence-electron chi connectivity index (χ3n) is 4.97. The molecule has 0 amide bonds. The van der Waals surface area contributed by atoms with Crippen molar-refractivity contribution in [2.45, 2.75) is 44.3 Å². The van der Waals surface area contributed by atoms with Crippen molar-refractivity contribution in [3.63, 3.8) is 0 Å². The first kappa shape index (κ1) is 13.8. The van der Waals surface area contributed by atoms with Gasteiger partial charge in [0.2, 0.25) is 0 Å². The standard InChI is InChI=1S/C16H24FN3/c1-11(18)15-9-12(17)3-6-16(15)20-8-7-13-4-5-14(10-20)19(13)2/h3,6,9,11,13-14H,4-5,7-8,10,18H2,1-2H3/t11-,13?,14?/m1/s1. The molecule has 0 aromatic heterocycles. The van der Waals surface area contributed by atoms with Crippen molar-refractivity contribution in [3.8, 4) is 0 Å². The van der Waals surface area contributed by atoms with Gasteiger partial charge in [0.25, 0.3) is 0 Å². The summed E-state index contributed by atoms with van der Waals surface area (Å²) < 4.78 is 13.5. The summed E-state index contributed by atoms with van der Waals surface area (Å²) in [5.74, 6) is -0.200. The molecule has 3 nitrogen and oxygen atoms in total. The Hall–Kier alpha value is -1.13. The third-order valence-corrected chi connectivity index (χ3v) is 4.97. The monoisotopic (exact) mass is 277 g/mol. The fraction of sp³-hybridized carbons (Fsp3) is 0.625. The van der Waals surface area contributed by atoms with Gasteiger partial charge in [0, 0.05) is 36.9 Å². The van der Waals surface area contributed by atoms with Gasteiger partial charge in [-0.1, -0.05) is 0 Å². The summed E-state index contributed by atoms with van der Waals surface area (Å²) in [5, 5.41) is 0. The van der Waals surface area contributed by atoms with Gasteiger partial charge in [-0.3, -0.25) is 4.90 Å². The summed E-state index contributed by atoms with van der Waals surface area (Å²) in [4.78, 5) is 4.92. The minimum absolute atomic E-state index is 0.140. The molecule has 3 atom stereocenters. The van der Waals surface area contributed by atoms with Gasteiger partial charge in [-0.05, 0) is 57.0 Å². The molecule has 2 bridgehead atoms. The molecule has 2 N–H and O–H groups in total. The van der Waals surface area contributed by atoms with Gasteiger partial charge in [0.1, 0.15) is 5.82 Å². The van der Waals surface area contributed by atoms with Crippen LogP contribution in [0.2, 0.25) is 0 Å². The number of likely N-dealkylation sites (N-methyl/N-ethyl adjacent to an activating group) is 1. The first-order valence-corrected chi connectivity index (χ1v) is 7.58. The van der Waals surface area contributed by atoms with E-state index >= 15 is 0 Å². The number of fused-ring (bicyclic) bond motifs is 2. The maximum absolute atomic E-state index is 13.5. The molecule has 2 unspecified atom stereocenters. The van der Waals surface area contributed by atoms with E-state index in [1.54, 1.807) is 12.1 Å². The summed E-state index contributed by atoms with van der Waals surface area (Å²) in [6.07, 6.45) is 3.77. The lowest BCUT2D eigenvalue weighted by Crippen LogP contribution is -2.37. The quantitative estimate of drug-likeness (QED) is 0.901. The lowest BCUT2D eigenvalue weighted by molar-refractivity contribution is 0.254. The first-order valence-electron chi connectivity index (χ1n) is 7.58. The highest BCUT2D eigenvalue weighted by atomic mass is 19.1. The van der Waals surface area contributed by atoms with E-state index in [4.69, 9.17) is 5.73 Å². The van der Waals surface area contributed by atoms with Crippen LogP contribution in [0.25, 0.3) is 0 Å². The molecule has 110 valence electrons. The Balaban J connectivity index is 1.89. The van der Waals surface area contributed by atoms with Crippen LogP contribution in [0, 0.1) is 5.82 Å². The number of anilines is 1. The molecule has 2 fully saturated rings. The van der Waals surface area contributed by atoms with E-state index in [2.05, 4.69) is 16.8 Å². The summed E-state index contributed by atoms with van der Waals surface area (Å²) in [7, 11) is 2.24. The zero-order valence-electron chi connectivity index (χ0n) is 12.3. The van der Waals surface area contributed by atoms with Crippen molar-refractivity contribution in [1.29, 1.82) is 0 Å². The smallest absolute Gasteiger partial charge is 0.123 e. The fourth-order valence-electron chi connectivity index (χ4n) is 3.71. The Labute approximate surface area is 120 Å². The second-order valence-corrected chi connectivity index (χ2v) is 6.28. The number of hydrogen-bond donors (Lipinski definition) is 1. The van der Waals surface area contributed by atoms with E-state index in [-0.39, 0.29) is 11.9 Å². The van der Waals surface area contributed by atoms with Crippen LogP contribution in [-0.4, -0.2) is 37.1 Å². The molecule has 2 aliphatic heterocycles. The normalized spacial score (nSPS) is 28.5. The number of hydrogen-bond acceptors (Lipinski definition) is 3. The van der Waals surface area contributed by atoms with Crippen LogP contribution < -0.4 is 10.6 Å². The third kappa shape index (κ3) is 2.42. The Morgan fingerprint density at radius 3 is 2.75 bits per heavy atom. The SMILES string of the molecule is C[C@@H](N)c1cc(F)ccc1N1CCC2CCC(C1)N2C. The van der Waals surface area contributed by atoms with Gasteiger partial charge in [0.05, 0.1) is 0 Å². The number of nitrogens with two attached hydrogens (primary N) is 1. The van der Waals surface area contributed by atoms with Crippen LogP contribution in [-0.2, 0) is 0 Å². The van der Waals surface area contributed by atoms with Crippen molar-refractivity contribution in [2.75, 3.05) is 25.0 Å². The lowest BCUT2D eigenvalue weighted by atomic mass is 10.0. The first-order chi connectivity index (χ1) is 9.56. The van der Waals surface area contributed by atoms with Crippen LogP contribution >= 0.6 is 0 Å². The maximum Gasteiger partial charge on any atom is 0.123 e. The Morgan fingerprint density at radius 1 is 1.25 bits per heavy atom. The summed E-state index contributed by atoms with van der Waals surface area (Å²) in [6.45, 7) is 3.99. The molecular weight excluding hydrogens is 253 g/mol. The molecule has 0 aliphatic carbocycles. The minimum Gasteiger partial charge on any atom is -0.370 e. The zero-order valence-corrected chi connectivity index (χ0v) is 12.3. The number of rotatable bonds is 2. The van der Waals surface area contributed by atoms with Crippen LogP contribution in [0.4, 0.5) is 10.1 Å². The number of nitrogens with zero attached hydrogens (tertiary/aromatic N) is 2. The number of benzene rings is 1. The molecule has 0 radical (unpaired) electrons. The minimum atomic E-state index is -0.200. The predicted molar refractivity (Wildman–Crippen MR) is 80.4 cm³/mol. The van der Waals surface area contributed by atoms with Crippen LogP contribution in [0.3, 0.4) is 0 Å². The van der Waals surface area contributed by atoms with Gasteiger partial charge in [-0.2, -0.15) is 0 Å². The summed E-state index contributed by atoms with van der Waals surface area (Å²) in [6, 6.07) is 6.23. The summed E-state index contributed by atoms with van der Waals surface area (Å²) >= 11 is 0. The van der Waals surface area contributed by atoms with Gasteiger partial charge >= 0.3 is 0 Å². The number of halogens is 1. The van der Waals surface area contributed by atoms with Gasteiger partial charge in [-0.25, -0.2) is 4.39 Å². The van der Waals surface area contributed by atoms with E-state index in [0.29, 0.717) is 12.1 Å². The molecule has 20 heavy (non-hydrogen) atoms. The van der Waals surface area contributed by atoms with Crippen molar-refractivity contribution in [3.05, 3.63) is 29.6 Å². The molecule has 2 aliphatic rings. The highest BCUT2D eigenvalue weighted by Crippen LogP contribution is 2.33. The average Bonchev–Trinajstić information content (AvgIpc) is 2.64. The highest BCUT2D eigenvalue weighted by molar-refractivity contribution is 5.55. The lowest BCUT2D eigenvalue weighted by Gasteiger charge is -2.30. The van der Waals surface area contributed by atoms with Gasteiger partial charge in [0.15, 0.2) is 0 Å². The Bertz CT molecular complexity index is 489. The topological polar surface area (TPSA) is 32.5 Å². The molecule has 1 aromatic carbocycles. The van der Waals surface area contributed by atoms with Crippen molar-refractivity contribution in [1.82, 2.24) is 4.90 Å². The van der Waals surface area contributed by atoms with E-state index in [9.17, 15) is 4.39 Å². The van der Waals surface area contributed by atoms with E-state index < -0.39 is 0 Å². The molecule has 0 saturated carbocycles. The van der Waals surface area contributed by atoms with Crippen molar-refractivity contribution >= 4 is 5.69 Å². The average molecular weight is 277 g/mol. The van der Waals surface area contributed by atoms with E-state index in [1.807, 2.05) is 13.0 Å². The van der Waals surface area contributed by atoms with Crippen LogP contribution in [0.5, 0.6) is 0 Å². The second kappa shape index (κ2) is 5.34. The molecule has 1 aromatic rings. The van der Waals surface area contributed by atoms with E-state index in [0.717, 1.165) is 24.3 Å².